The Labute approximate surface area is 124 Å². The van der Waals surface area contributed by atoms with Gasteiger partial charge in [0, 0.05) is 21.5 Å². The quantitative estimate of drug-likeness (QED) is 0.585. The summed E-state index contributed by atoms with van der Waals surface area (Å²) in [5, 5.41) is 1.18. The maximum absolute atomic E-state index is 14.2. The van der Waals surface area contributed by atoms with Crippen LogP contribution < -0.4 is 0 Å². The van der Waals surface area contributed by atoms with Crippen molar-refractivity contribution >= 4 is 27.5 Å². The fourth-order valence-electron chi connectivity index (χ4n) is 2.43. The van der Waals surface area contributed by atoms with Crippen molar-refractivity contribution in [3.8, 4) is 0 Å². The number of hydrogen-bond acceptors (Lipinski definition) is 1. The number of ether oxygens (including phenoxy) is 1. The molecule has 19 heavy (non-hydrogen) atoms. The van der Waals surface area contributed by atoms with Crippen molar-refractivity contribution in [2.75, 3.05) is 6.61 Å². The van der Waals surface area contributed by atoms with E-state index in [1.807, 2.05) is 24.3 Å². The van der Waals surface area contributed by atoms with E-state index in [9.17, 15) is 4.39 Å². The minimum Gasteiger partial charge on any atom is -0.359 e. The van der Waals surface area contributed by atoms with Gasteiger partial charge in [0.05, 0.1) is 6.61 Å². The Balaban J connectivity index is 2.20. The van der Waals surface area contributed by atoms with E-state index >= 15 is 0 Å². The third kappa shape index (κ3) is 2.10. The minimum atomic E-state index is -0.729. The molecule has 0 radical (unpaired) electrons. The van der Waals surface area contributed by atoms with Gasteiger partial charge in [-0.2, -0.15) is 0 Å². The second-order valence-corrected chi connectivity index (χ2v) is 5.47. The van der Waals surface area contributed by atoms with Gasteiger partial charge in [-0.05, 0) is 17.7 Å². The van der Waals surface area contributed by atoms with Crippen molar-refractivity contribution in [3.63, 3.8) is 0 Å². The molecule has 98 valence electrons. The highest BCUT2D eigenvalue weighted by atomic mass is 79.9. The SMILES string of the molecule is Fc1cccc(CBr)c1C1(c2ccccc2Cl)CO1. The van der Waals surface area contributed by atoms with E-state index < -0.39 is 5.60 Å². The van der Waals surface area contributed by atoms with Crippen LogP contribution >= 0.6 is 27.5 Å². The summed E-state index contributed by atoms with van der Waals surface area (Å²) in [4.78, 5) is 0. The average molecular weight is 342 g/mol. The van der Waals surface area contributed by atoms with Gasteiger partial charge in [0.15, 0.2) is 0 Å². The second-order valence-electron chi connectivity index (χ2n) is 4.50. The standard InChI is InChI=1S/C15H11BrClFO/c16-8-10-4-3-7-13(18)14(10)15(9-19-15)11-5-1-2-6-12(11)17/h1-7H,8-9H2. The molecule has 1 aliphatic heterocycles. The lowest BCUT2D eigenvalue weighted by Crippen LogP contribution is -2.16. The Morgan fingerprint density at radius 3 is 2.58 bits per heavy atom. The van der Waals surface area contributed by atoms with Gasteiger partial charge in [0.1, 0.15) is 11.4 Å². The van der Waals surface area contributed by atoms with Gasteiger partial charge in [-0.25, -0.2) is 4.39 Å². The first-order valence-electron chi connectivity index (χ1n) is 5.92. The van der Waals surface area contributed by atoms with Crippen LogP contribution in [0.4, 0.5) is 4.39 Å². The molecular formula is C15H11BrClFO. The highest BCUT2D eigenvalue weighted by Gasteiger charge is 2.52. The van der Waals surface area contributed by atoms with Gasteiger partial charge in [-0.1, -0.05) is 57.9 Å². The molecule has 1 unspecified atom stereocenters. The van der Waals surface area contributed by atoms with Gasteiger partial charge in [-0.3, -0.25) is 0 Å². The summed E-state index contributed by atoms with van der Waals surface area (Å²) in [6, 6.07) is 12.5. The molecule has 1 saturated heterocycles. The second kappa shape index (κ2) is 4.89. The number of hydrogen-bond donors (Lipinski definition) is 0. The molecule has 0 N–H and O–H groups in total. The van der Waals surface area contributed by atoms with Crippen molar-refractivity contribution in [1.82, 2.24) is 0 Å². The average Bonchev–Trinajstić information content (AvgIpc) is 3.20. The Bertz CT molecular complexity index is 625. The fraction of sp³-hybridized carbons (Fsp3) is 0.200. The van der Waals surface area contributed by atoms with Crippen LogP contribution in [0.3, 0.4) is 0 Å². The van der Waals surface area contributed by atoms with E-state index in [-0.39, 0.29) is 5.82 Å². The Hall–Kier alpha value is -0.900. The molecule has 1 nitrogen and oxygen atoms in total. The first kappa shape index (κ1) is 13.1. The number of halogens is 3. The molecule has 1 fully saturated rings. The van der Waals surface area contributed by atoms with Crippen molar-refractivity contribution < 1.29 is 9.13 Å². The van der Waals surface area contributed by atoms with Gasteiger partial charge in [-0.15, -0.1) is 0 Å². The Morgan fingerprint density at radius 2 is 1.95 bits per heavy atom. The maximum atomic E-state index is 14.2. The molecule has 1 atom stereocenters. The van der Waals surface area contributed by atoms with Crippen LogP contribution in [0.1, 0.15) is 16.7 Å². The largest absolute Gasteiger partial charge is 0.359 e. The molecule has 0 saturated carbocycles. The summed E-state index contributed by atoms with van der Waals surface area (Å²) in [7, 11) is 0. The van der Waals surface area contributed by atoms with Gasteiger partial charge >= 0.3 is 0 Å². The molecule has 0 aliphatic carbocycles. The lowest BCUT2D eigenvalue weighted by atomic mass is 9.88. The van der Waals surface area contributed by atoms with Crippen LogP contribution in [-0.4, -0.2) is 6.61 Å². The summed E-state index contributed by atoms with van der Waals surface area (Å²) in [6.45, 7) is 0.456. The summed E-state index contributed by atoms with van der Waals surface area (Å²) < 4.78 is 19.9. The minimum absolute atomic E-state index is 0.255. The molecule has 0 spiro atoms. The molecule has 2 aromatic carbocycles. The maximum Gasteiger partial charge on any atom is 0.146 e. The van der Waals surface area contributed by atoms with Crippen LogP contribution in [0.2, 0.25) is 5.02 Å². The number of rotatable bonds is 3. The molecule has 3 rings (SSSR count). The smallest absolute Gasteiger partial charge is 0.146 e. The zero-order valence-electron chi connectivity index (χ0n) is 10.00. The van der Waals surface area contributed by atoms with Crippen molar-refractivity contribution in [2.45, 2.75) is 10.9 Å². The number of alkyl halides is 1. The van der Waals surface area contributed by atoms with E-state index in [4.69, 9.17) is 16.3 Å². The first-order chi connectivity index (χ1) is 9.19. The lowest BCUT2D eigenvalue weighted by molar-refractivity contribution is 0.340. The van der Waals surface area contributed by atoms with E-state index in [0.717, 1.165) is 11.1 Å². The fourth-order valence-corrected chi connectivity index (χ4v) is 3.18. The molecule has 4 heteroatoms. The number of epoxide rings is 1. The third-order valence-corrected chi connectivity index (χ3v) is 4.32. The topological polar surface area (TPSA) is 12.5 Å². The normalized spacial score (nSPS) is 21.4. The van der Waals surface area contributed by atoms with Crippen molar-refractivity contribution in [1.29, 1.82) is 0 Å². The van der Waals surface area contributed by atoms with Crippen LogP contribution in [0.5, 0.6) is 0 Å². The molecule has 0 amide bonds. The predicted molar refractivity (Wildman–Crippen MR) is 77.2 cm³/mol. The lowest BCUT2D eigenvalue weighted by Gasteiger charge is -2.18. The third-order valence-electron chi connectivity index (χ3n) is 3.39. The van der Waals surface area contributed by atoms with Crippen LogP contribution in [0.15, 0.2) is 42.5 Å². The van der Waals surface area contributed by atoms with Gasteiger partial charge in [0.2, 0.25) is 0 Å². The van der Waals surface area contributed by atoms with E-state index in [0.29, 0.717) is 22.5 Å². The van der Waals surface area contributed by atoms with E-state index in [1.54, 1.807) is 12.1 Å². The number of benzene rings is 2. The predicted octanol–water partition coefficient (Wildman–Crippen LogP) is 4.65. The van der Waals surface area contributed by atoms with E-state index in [2.05, 4.69) is 15.9 Å². The highest BCUT2D eigenvalue weighted by molar-refractivity contribution is 9.08. The highest BCUT2D eigenvalue weighted by Crippen LogP contribution is 2.49. The van der Waals surface area contributed by atoms with E-state index in [1.165, 1.54) is 6.07 Å². The summed E-state index contributed by atoms with van der Waals surface area (Å²) >= 11 is 9.63. The zero-order chi connectivity index (χ0) is 13.5. The molecule has 2 aromatic rings. The van der Waals surface area contributed by atoms with Crippen LogP contribution in [0, 0.1) is 5.82 Å². The zero-order valence-corrected chi connectivity index (χ0v) is 12.3. The van der Waals surface area contributed by atoms with Gasteiger partial charge < -0.3 is 4.74 Å². The Kier molecular flexibility index (Phi) is 3.37. The van der Waals surface area contributed by atoms with Gasteiger partial charge in [0.25, 0.3) is 0 Å². The first-order valence-corrected chi connectivity index (χ1v) is 7.42. The Morgan fingerprint density at radius 1 is 1.21 bits per heavy atom. The monoisotopic (exact) mass is 340 g/mol. The molecule has 0 bridgehead atoms. The summed E-state index contributed by atoms with van der Waals surface area (Å²) in [5.41, 5.74) is 1.56. The molecule has 1 heterocycles. The van der Waals surface area contributed by atoms with Crippen molar-refractivity contribution in [2.24, 2.45) is 0 Å². The van der Waals surface area contributed by atoms with Crippen LogP contribution in [0.25, 0.3) is 0 Å². The molecule has 0 aromatic heterocycles. The molecular weight excluding hydrogens is 331 g/mol. The molecule has 1 aliphatic rings. The van der Waals surface area contributed by atoms with Crippen LogP contribution in [-0.2, 0) is 15.7 Å². The summed E-state index contributed by atoms with van der Waals surface area (Å²) in [6.07, 6.45) is 0. The van der Waals surface area contributed by atoms with Crippen molar-refractivity contribution in [3.05, 3.63) is 70.0 Å². The summed E-state index contributed by atoms with van der Waals surface area (Å²) in [5.74, 6) is -0.255.